The molecule has 148 valence electrons. The Morgan fingerprint density at radius 2 is 1.82 bits per heavy atom. The third-order valence-corrected chi connectivity index (χ3v) is 6.70. The molecule has 1 unspecified atom stereocenters. The topological polar surface area (TPSA) is 27.0 Å². The van der Waals surface area contributed by atoms with Gasteiger partial charge in [0.1, 0.15) is 0 Å². The summed E-state index contributed by atoms with van der Waals surface area (Å²) in [6, 6.07) is 19.0. The monoisotopic (exact) mass is 414 g/mol. The number of nitriles is 1. The molecule has 0 bridgehead atoms. The molecule has 0 amide bonds. The molecule has 2 aromatic carbocycles. The first-order chi connectivity index (χ1) is 13.6. The van der Waals surface area contributed by atoms with Crippen molar-refractivity contribution in [3.05, 3.63) is 69.7 Å². The van der Waals surface area contributed by atoms with Crippen LogP contribution in [0.5, 0.6) is 0 Å². The summed E-state index contributed by atoms with van der Waals surface area (Å²) >= 11 is 12.4. The molecule has 1 saturated carbocycles. The molecule has 0 aromatic heterocycles. The summed E-state index contributed by atoms with van der Waals surface area (Å²) in [7, 11) is 0. The van der Waals surface area contributed by atoms with Gasteiger partial charge >= 0.3 is 0 Å². The molecule has 0 heterocycles. The maximum absolute atomic E-state index is 10.1. The Bertz CT molecular complexity index is 811. The lowest BCUT2D eigenvalue weighted by Gasteiger charge is -2.29. The van der Waals surface area contributed by atoms with Gasteiger partial charge in [-0.3, -0.25) is 0 Å². The van der Waals surface area contributed by atoms with Crippen LogP contribution in [0.1, 0.15) is 43.7 Å². The molecular weight excluding hydrogens is 387 g/mol. The van der Waals surface area contributed by atoms with Crippen LogP contribution in [-0.4, -0.2) is 24.5 Å². The van der Waals surface area contributed by atoms with E-state index in [1.807, 2.05) is 18.2 Å². The Morgan fingerprint density at radius 1 is 1.07 bits per heavy atom. The third-order valence-electron chi connectivity index (χ3n) is 5.96. The lowest BCUT2D eigenvalue weighted by atomic mass is 9.74. The van der Waals surface area contributed by atoms with Gasteiger partial charge in [-0.2, -0.15) is 5.26 Å². The number of likely N-dealkylation sites (N-methyl/N-ethyl adjacent to an activating group) is 1. The van der Waals surface area contributed by atoms with Gasteiger partial charge < -0.3 is 4.90 Å². The van der Waals surface area contributed by atoms with Crippen molar-refractivity contribution in [1.82, 2.24) is 4.90 Å². The van der Waals surface area contributed by atoms with E-state index < -0.39 is 5.41 Å². The zero-order valence-electron chi connectivity index (χ0n) is 16.5. The highest BCUT2D eigenvalue weighted by atomic mass is 35.5. The van der Waals surface area contributed by atoms with Crippen molar-refractivity contribution in [3.63, 3.8) is 0 Å². The van der Waals surface area contributed by atoms with Gasteiger partial charge in [-0.25, -0.2) is 0 Å². The number of halogens is 2. The molecule has 1 aliphatic carbocycles. The minimum atomic E-state index is -0.437. The van der Waals surface area contributed by atoms with Gasteiger partial charge in [-0.1, -0.05) is 66.5 Å². The lowest BCUT2D eigenvalue weighted by molar-refractivity contribution is 0.272. The van der Waals surface area contributed by atoms with Crippen LogP contribution >= 0.6 is 23.2 Å². The quantitative estimate of drug-likeness (QED) is 0.442. The number of benzene rings is 2. The summed E-state index contributed by atoms with van der Waals surface area (Å²) in [5.41, 5.74) is 1.97. The van der Waals surface area contributed by atoms with Crippen molar-refractivity contribution in [2.75, 3.05) is 19.6 Å². The van der Waals surface area contributed by atoms with Gasteiger partial charge in [-0.05, 0) is 74.4 Å². The van der Waals surface area contributed by atoms with Crippen LogP contribution in [0.4, 0.5) is 0 Å². The summed E-state index contributed by atoms with van der Waals surface area (Å²) in [5.74, 6) is 0.439. The molecule has 0 radical (unpaired) electrons. The van der Waals surface area contributed by atoms with E-state index in [0.29, 0.717) is 16.0 Å². The van der Waals surface area contributed by atoms with Crippen LogP contribution in [0.15, 0.2) is 48.5 Å². The van der Waals surface area contributed by atoms with Gasteiger partial charge in [0, 0.05) is 6.54 Å². The molecule has 0 N–H and O–H groups in total. The number of rotatable bonds is 10. The maximum atomic E-state index is 10.1. The molecule has 28 heavy (non-hydrogen) atoms. The number of hydrogen-bond acceptors (Lipinski definition) is 2. The largest absolute Gasteiger partial charge is 0.303 e. The Morgan fingerprint density at radius 3 is 2.43 bits per heavy atom. The second-order valence-electron chi connectivity index (χ2n) is 7.76. The summed E-state index contributed by atoms with van der Waals surface area (Å²) < 4.78 is 0. The fraction of sp³-hybridized carbons (Fsp3) is 0.458. The molecule has 1 aliphatic rings. The predicted octanol–water partition coefficient (Wildman–Crippen LogP) is 6.51. The number of nitrogens with zero attached hydrogens (tertiary/aromatic N) is 2. The highest BCUT2D eigenvalue weighted by Gasteiger charge is 2.46. The summed E-state index contributed by atoms with van der Waals surface area (Å²) in [5, 5.41) is 11.2. The fourth-order valence-electron chi connectivity index (χ4n) is 4.09. The Labute approximate surface area is 179 Å². The Hall–Kier alpha value is -1.53. The van der Waals surface area contributed by atoms with Crippen LogP contribution in [0.3, 0.4) is 0 Å². The van der Waals surface area contributed by atoms with Crippen molar-refractivity contribution in [2.24, 2.45) is 5.92 Å². The van der Waals surface area contributed by atoms with E-state index >= 15 is 0 Å². The summed E-state index contributed by atoms with van der Waals surface area (Å²) in [4.78, 5) is 2.48. The number of hydrogen-bond donors (Lipinski definition) is 0. The molecule has 1 atom stereocenters. The van der Waals surface area contributed by atoms with E-state index in [9.17, 15) is 5.26 Å². The Kier molecular flexibility index (Phi) is 7.41. The molecule has 0 saturated heterocycles. The maximum Gasteiger partial charge on any atom is 0.0851 e. The minimum Gasteiger partial charge on any atom is -0.303 e. The summed E-state index contributed by atoms with van der Waals surface area (Å²) in [6.45, 7) is 5.31. The van der Waals surface area contributed by atoms with Crippen LogP contribution < -0.4 is 0 Å². The van der Waals surface area contributed by atoms with E-state index in [4.69, 9.17) is 23.2 Å². The van der Waals surface area contributed by atoms with Crippen molar-refractivity contribution in [1.29, 1.82) is 5.26 Å². The minimum absolute atomic E-state index is 0.437. The van der Waals surface area contributed by atoms with E-state index in [1.54, 1.807) is 0 Å². The zero-order valence-corrected chi connectivity index (χ0v) is 18.0. The highest BCUT2D eigenvalue weighted by Crippen LogP contribution is 2.50. The SMILES string of the molecule is CCN(CCCC(C#N)(c1ccc(Cl)c(Cl)c1)C1CC1)CCc1ccccc1. The molecule has 3 rings (SSSR count). The van der Waals surface area contributed by atoms with Crippen LogP contribution in [0, 0.1) is 17.2 Å². The lowest BCUT2D eigenvalue weighted by Crippen LogP contribution is -2.31. The molecular formula is C24H28Cl2N2. The molecule has 2 nitrogen and oxygen atoms in total. The van der Waals surface area contributed by atoms with E-state index in [2.05, 4.69) is 48.2 Å². The average Bonchev–Trinajstić information content (AvgIpc) is 3.56. The van der Waals surface area contributed by atoms with Gasteiger partial charge in [0.05, 0.1) is 21.5 Å². The highest BCUT2D eigenvalue weighted by molar-refractivity contribution is 6.42. The normalized spacial score (nSPS) is 16.0. The second-order valence-corrected chi connectivity index (χ2v) is 8.57. The van der Waals surface area contributed by atoms with Gasteiger partial charge in [0.25, 0.3) is 0 Å². The van der Waals surface area contributed by atoms with Crippen LogP contribution in [-0.2, 0) is 11.8 Å². The molecule has 0 aliphatic heterocycles. The summed E-state index contributed by atoms with van der Waals surface area (Å²) in [6.07, 6.45) is 5.19. The predicted molar refractivity (Wildman–Crippen MR) is 118 cm³/mol. The smallest absolute Gasteiger partial charge is 0.0851 e. The fourth-order valence-corrected chi connectivity index (χ4v) is 4.39. The van der Waals surface area contributed by atoms with Crippen molar-refractivity contribution in [3.8, 4) is 6.07 Å². The second kappa shape index (κ2) is 9.79. The van der Waals surface area contributed by atoms with Crippen molar-refractivity contribution < 1.29 is 0 Å². The van der Waals surface area contributed by atoms with Crippen molar-refractivity contribution in [2.45, 2.75) is 44.4 Å². The van der Waals surface area contributed by atoms with Gasteiger partial charge in [0.2, 0.25) is 0 Å². The third kappa shape index (κ3) is 5.09. The van der Waals surface area contributed by atoms with E-state index in [1.165, 1.54) is 5.56 Å². The van der Waals surface area contributed by atoms with E-state index in [-0.39, 0.29) is 0 Å². The van der Waals surface area contributed by atoms with Gasteiger partial charge in [0.15, 0.2) is 0 Å². The average molecular weight is 415 g/mol. The first-order valence-electron chi connectivity index (χ1n) is 10.2. The van der Waals surface area contributed by atoms with E-state index in [0.717, 1.165) is 57.3 Å². The molecule has 4 heteroatoms. The zero-order chi connectivity index (χ0) is 20.0. The molecule has 1 fully saturated rings. The molecule has 2 aromatic rings. The first kappa shape index (κ1) is 21.2. The van der Waals surface area contributed by atoms with Crippen LogP contribution in [0.2, 0.25) is 10.0 Å². The first-order valence-corrected chi connectivity index (χ1v) is 11.0. The molecule has 0 spiro atoms. The van der Waals surface area contributed by atoms with Gasteiger partial charge in [-0.15, -0.1) is 0 Å². The van der Waals surface area contributed by atoms with Crippen LogP contribution in [0.25, 0.3) is 0 Å². The standard InChI is InChI=1S/C24H28Cl2N2/c1-2-28(16-13-19-7-4-3-5-8-19)15-6-14-24(18-27,20-9-10-20)21-11-12-22(25)23(26)17-21/h3-5,7-8,11-12,17,20H,2,6,9-10,13-16H2,1H3. The van der Waals surface area contributed by atoms with Crippen molar-refractivity contribution >= 4 is 23.2 Å². The Balaban J connectivity index is 1.62.